The minimum absolute atomic E-state index is 0.0663. The number of carbonyl (C=O) groups is 1. The van der Waals surface area contributed by atoms with E-state index in [-0.39, 0.29) is 5.78 Å². The van der Waals surface area contributed by atoms with Gasteiger partial charge in [0.15, 0.2) is 5.78 Å². The fourth-order valence-corrected chi connectivity index (χ4v) is 1.87. The Bertz CT molecular complexity index is 417. The van der Waals surface area contributed by atoms with E-state index in [0.29, 0.717) is 5.75 Å². The van der Waals surface area contributed by atoms with Crippen LogP contribution >= 0.6 is 0 Å². The molecule has 2 heteroatoms. The molecule has 0 atom stereocenters. The van der Waals surface area contributed by atoms with Crippen molar-refractivity contribution in [2.45, 2.75) is 19.8 Å². The summed E-state index contributed by atoms with van der Waals surface area (Å²) in [5.41, 5.74) is 2.63. The monoisotopic (exact) mass is 188 g/mol. The Morgan fingerprint density at radius 3 is 2.50 bits per heavy atom. The molecule has 0 spiro atoms. The number of hydrogen-bond donors (Lipinski definition) is 1. The highest BCUT2D eigenvalue weighted by atomic mass is 16.3. The molecule has 0 radical (unpaired) electrons. The first-order chi connectivity index (χ1) is 6.70. The molecule has 1 aromatic carbocycles. The van der Waals surface area contributed by atoms with E-state index in [1.165, 1.54) is 0 Å². The molecule has 0 bridgehead atoms. The van der Waals surface area contributed by atoms with Gasteiger partial charge < -0.3 is 5.11 Å². The van der Waals surface area contributed by atoms with Crippen LogP contribution in [0.15, 0.2) is 24.3 Å². The van der Waals surface area contributed by atoms with E-state index >= 15 is 0 Å². The van der Waals surface area contributed by atoms with E-state index in [4.69, 9.17) is 0 Å². The van der Waals surface area contributed by atoms with Crippen LogP contribution < -0.4 is 0 Å². The van der Waals surface area contributed by atoms with Crippen molar-refractivity contribution < 1.29 is 9.90 Å². The fourth-order valence-electron chi connectivity index (χ4n) is 1.87. The summed E-state index contributed by atoms with van der Waals surface area (Å²) in [6, 6.07) is 3.31. The van der Waals surface area contributed by atoms with E-state index in [9.17, 15) is 9.90 Å². The third-order valence-electron chi connectivity index (χ3n) is 2.60. The predicted molar refractivity (Wildman–Crippen MR) is 54.7 cm³/mol. The molecule has 2 rings (SSSR count). The van der Waals surface area contributed by atoms with Gasteiger partial charge >= 0.3 is 0 Å². The summed E-state index contributed by atoms with van der Waals surface area (Å²) >= 11 is 0. The van der Waals surface area contributed by atoms with E-state index in [1.54, 1.807) is 19.1 Å². The normalized spacial score (nSPS) is 13.8. The second-order valence-corrected chi connectivity index (χ2v) is 3.53. The number of allylic oxidation sites excluding steroid dienone is 2. The van der Waals surface area contributed by atoms with Crippen LogP contribution in [-0.4, -0.2) is 10.9 Å². The van der Waals surface area contributed by atoms with Crippen LogP contribution in [0.5, 0.6) is 5.75 Å². The Balaban J connectivity index is 2.62. The molecule has 2 nitrogen and oxygen atoms in total. The maximum atomic E-state index is 11.3. The number of ketones is 1. The van der Waals surface area contributed by atoms with Crippen molar-refractivity contribution in [2.75, 3.05) is 0 Å². The smallest absolute Gasteiger partial charge is 0.160 e. The zero-order chi connectivity index (χ0) is 10.1. The van der Waals surface area contributed by atoms with Crippen LogP contribution in [0, 0.1) is 0 Å². The first kappa shape index (κ1) is 9.00. The lowest BCUT2D eigenvalue weighted by Crippen LogP contribution is -2.06. The number of phenols is 1. The lowest BCUT2D eigenvalue weighted by molar-refractivity contribution is 0.101. The molecule has 0 saturated heterocycles. The van der Waals surface area contributed by atoms with E-state index in [0.717, 1.165) is 29.5 Å². The van der Waals surface area contributed by atoms with Gasteiger partial charge in [-0.1, -0.05) is 12.2 Å². The third kappa shape index (κ3) is 1.33. The fraction of sp³-hybridized carbons (Fsp3) is 0.250. The van der Waals surface area contributed by atoms with E-state index in [2.05, 4.69) is 0 Å². The summed E-state index contributed by atoms with van der Waals surface area (Å²) in [6.45, 7) is 1.56. The van der Waals surface area contributed by atoms with Crippen molar-refractivity contribution in [3.8, 4) is 5.75 Å². The van der Waals surface area contributed by atoms with Crippen LogP contribution in [-0.2, 0) is 12.8 Å². The number of aromatic hydroxyl groups is 1. The summed E-state index contributed by atoms with van der Waals surface area (Å²) in [6.07, 6.45) is 5.53. The van der Waals surface area contributed by atoms with Crippen LogP contribution in [0.3, 0.4) is 0 Å². The van der Waals surface area contributed by atoms with Gasteiger partial charge in [0.25, 0.3) is 0 Å². The number of Topliss-reactive ketones (excluding diaryl/α,β-unsaturated/α-hetero) is 1. The van der Waals surface area contributed by atoms with Crippen molar-refractivity contribution in [1.29, 1.82) is 0 Å². The van der Waals surface area contributed by atoms with Gasteiger partial charge in [0.05, 0.1) is 0 Å². The quantitative estimate of drug-likeness (QED) is 0.542. The van der Waals surface area contributed by atoms with Gasteiger partial charge in [0.1, 0.15) is 5.75 Å². The molecular formula is C12H12O2. The molecule has 72 valence electrons. The number of fused-ring (bicyclic) bond motifs is 1. The summed E-state index contributed by atoms with van der Waals surface area (Å²) in [4.78, 5) is 11.3. The maximum absolute atomic E-state index is 11.3. The molecule has 0 unspecified atom stereocenters. The van der Waals surface area contributed by atoms with Gasteiger partial charge in [-0.05, 0) is 37.5 Å². The summed E-state index contributed by atoms with van der Waals surface area (Å²) in [7, 11) is 0. The van der Waals surface area contributed by atoms with Crippen LogP contribution in [0.4, 0.5) is 0 Å². The standard InChI is InChI=1S/C12H12O2/c1-8(13)9-6-7-12(14)11-5-3-2-4-10(9)11/h2-3,6-7,14H,4-5H2,1H3. The first-order valence-electron chi connectivity index (χ1n) is 4.70. The van der Waals surface area contributed by atoms with Crippen LogP contribution in [0.25, 0.3) is 0 Å². The molecule has 14 heavy (non-hydrogen) atoms. The molecule has 0 fully saturated rings. The molecule has 1 aliphatic rings. The highest BCUT2D eigenvalue weighted by Crippen LogP contribution is 2.28. The van der Waals surface area contributed by atoms with Crippen LogP contribution in [0.2, 0.25) is 0 Å². The summed E-state index contributed by atoms with van der Waals surface area (Å²) < 4.78 is 0. The highest BCUT2D eigenvalue weighted by molar-refractivity contribution is 5.96. The van der Waals surface area contributed by atoms with Gasteiger partial charge in [-0.3, -0.25) is 4.79 Å². The van der Waals surface area contributed by atoms with Gasteiger partial charge in [0.2, 0.25) is 0 Å². The van der Waals surface area contributed by atoms with Gasteiger partial charge in [-0.2, -0.15) is 0 Å². The minimum Gasteiger partial charge on any atom is -0.508 e. The largest absolute Gasteiger partial charge is 0.508 e. The molecule has 0 aromatic heterocycles. The predicted octanol–water partition coefficient (Wildman–Crippen LogP) is 2.25. The number of benzene rings is 1. The van der Waals surface area contributed by atoms with Crippen molar-refractivity contribution in [2.24, 2.45) is 0 Å². The van der Waals surface area contributed by atoms with Crippen molar-refractivity contribution in [3.05, 3.63) is 41.0 Å². The first-order valence-corrected chi connectivity index (χ1v) is 4.70. The Labute approximate surface area is 82.9 Å². The SMILES string of the molecule is CC(=O)c1ccc(O)c2c1CC=CC2. The Morgan fingerprint density at radius 1 is 1.21 bits per heavy atom. The molecule has 1 aliphatic carbocycles. The minimum atomic E-state index is 0.0663. The Morgan fingerprint density at radius 2 is 1.86 bits per heavy atom. The number of hydrogen-bond acceptors (Lipinski definition) is 2. The summed E-state index contributed by atoms with van der Waals surface area (Å²) in [5.74, 6) is 0.367. The lowest BCUT2D eigenvalue weighted by Gasteiger charge is -2.15. The number of carbonyl (C=O) groups excluding carboxylic acids is 1. The van der Waals surface area contributed by atoms with Crippen molar-refractivity contribution in [1.82, 2.24) is 0 Å². The van der Waals surface area contributed by atoms with Crippen molar-refractivity contribution in [3.63, 3.8) is 0 Å². The average molecular weight is 188 g/mol. The maximum Gasteiger partial charge on any atom is 0.160 e. The van der Waals surface area contributed by atoms with E-state index in [1.807, 2.05) is 12.2 Å². The Kier molecular flexibility index (Phi) is 2.12. The molecular weight excluding hydrogens is 176 g/mol. The van der Waals surface area contributed by atoms with Gasteiger partial charge in [0, 0.05) is 11.1 Å². The molecule has 0 amide bonds. The molecule has 1 N–H and O–H groups in total. The molecule has 1 aromatic rings. The van der Waals surface area contributed by atoms with Gasteiger partial charge in [-0.25, -0.2) is 0 Å². The second kappa shape index (κ2) is 3.29. The van der Waals surface area contributed by atoms with Crippen LogP contribution in [0.1, 0.15) is 28.4 Å². The number of phenolic OH excluding ortho intramolecular Hbond substituents is 1. The molecule has 0 saturated carbocycles. The summed E-state index contributed by atoms with van der Waals surface area (Å²) in [5, 5.41) is 9.62. The van der Waals surface area contributed by atoms with Gasteiger partial charge in [-0.15, -0.1) is 0 Å². The van der Waals surface area contributed by atoms with Crippen molar-refractivity contribution >= 4 is 5.78 Å². The second-order valence-electron chi connectivity index (χ2n) is 3.53. The third-order valence-corrected chi connectivity index (χ3v) is 2.60. The topological polar surface area (TPSA) is 37.3 Å². The average Bonchev–Trinajstić information content (AvgIpc) is 2.18. The zero-order valence-electron chi connectivity index (χ0n) is 8.08. The molecule has 0 aliphatic heterocycles. The number of rotatable bonds is 1. The highest BCUT2D eigenvalue weighted by Gasteiger charge is 2.15. The molecule has 0 heterocycles. The lowest BCUT2D eigenvalue weighted by atomic mass is 9.90. The Hall–Kier alpha value is -1.57. The van der Waals surface area contributed by atoms with E-state index < -0.39 is 0 Å². The zero-order valence-corrected chi connectivity index (χ0v) is 8.08.